The lowest BCUT2D eigenvalue weighted by Crippen LogP contribution is -2.12. The number of rotatable bonds is 0. The first-order valence-corrected chi connectivity index (χ1v) is 4.58. The molecule has 12 heavy (non-hydrogen) atoms. The summed E-state index contributed by atoms with van der Waals surface area (Å²) in [5.41, 5.74) is 0.938. The van der Waals surface area contributed by atoms with Crippen molar-refractivity contribution in [2.45, 2.75) is 26.2 Å². The molecule has 1 aromatic carbocycles. The molecule has 0 atom stereocenters. The van der Waals surface area contributed by atoms with Gasteiger partial charge in [0.2, 0.25) is 0 Å². The van der Waals surface area contributed by atoms with Gasteiger partial charge in [0.05, 0.1) is 0 Å². The summed E-state index contributed by atoms with van der Waals surface area (Å²) in [4.78, 5) is 0. The van der Waals surface area contributed by atoms with Crippen molar-refractivity contribution in [2.75, 3.05) is 0 Å². The van der Waals surface area contributed by atoms with E-state index < -0.39 is 0 Å². The smallest absolute Gasteiger partial charge is 0.131 e. The van der Waals surface area contributed by atoms with Gasteiger partial charge in [-0.3, -0.25) is 0 Å². The molecule has 0 aromatic heterocycles. The lowest BCUT2D eigenvalue weighted by atomic mass is 9.87. The highest BCUT2D eigenvalue weighted by Gasteiger charge is 2.17. The second-order valence-corrected chi connectivity index (χ2v) is 4.65. The molecule has 0 amide bonds. The van der Waals surface area contributed by atoms with Gasteiger partial charge in [0.1, 0.15) is 5.82 Å². The van der Waals surface area contributed by atoms with E-state index in [4.69, 9.17) is 0 Å². The lowest BCUT2D eigenvalue weighted by molar-refractivity contribution is 0.568. The summed E-state index contributed by atoms with van der Waals surface area (Å²) in [6.07, 6.45) is 0. The molecule has 0 aliphatic rings. The average Bonchev–Trinajstić information content (AvgIpc) is 1.92. The van der Waals surface area contributed by atoms with Crippen LogP contribution in [0, 0.1) is 11.9 Å². The maximum Gasteiger partial charge on any atom is 0.131 e. The zero-order valence-corrected chi connectivity index (χ0v) is 9.00. The molecule has 0 aliphatic heterocycles. The van der Waals surface area contributed by atoms with Crippen molar-refractivity contribution in [2.24, 2.45) is 0 Å². The molecule has 0 N–H and O–H groups in total. The van der Waals surface area contributed by atoms with Crippen molar-refractivity contribution < 1.29 is 4.39 Å². The van der Waals surface area contributed by atoms with Crippen molar-refractivity contribution in [3.63, 3.8) is 0 Å². The Morgan fingerprint density at radius 1 is 1.42 bits per heavy atom. The Morgan fingerprint density at radius 3 is 2.42 bits per heavy atom. The van der Waals surface area contributed by atoms with Crippen LogP contribution in [0.3, 0.4) is 0 Å². The first kappa shape index (κ1) is 9.72. The van der Waals surface area contributed by atoms with Crippen molar-refractivity contribution in [1.29, 1.82) is 0 Å². The van der Waals surface area contributed by atoms with E-state index in [0.29, 0.717) is 0 Å². The normalized spacial score (nSPS) is 11.8. The Hall–Kier alpha value is -0.370. The highest BCUT2D eigenvalue weighted by Crippen LogP contribution is 2.29. The topological polar surface area (TPSA) is 0 Å². The number of halogens is 2. The average molecular weight is 230 g/mol. The van der Waals surface area contributed by atoms with Crippen molar-refractivity contribution in [3.8, 4) is 0 Å². The monoisotopic (exact) mass is 229 g/mol. The number of benzene rings is 1. The van der Waals surface area contributed by atoms with Crippen LogP contribution in [0.5, 0.6) is 0 Å². The Kier molecular flexibility index (Phi) is 2.57. The number of hydrogen-bond acceptors (Lipinski definition) is 0. The summed E-state index contributed by atoms with van der Waals surface area (Å²) in [7, 11) is 0. The van der Waals surface area contributed by atoms with Crippen LogP contribution in [0.25, 0.3) is 0 Å². The minimum absolute atomic E-state index is 0.0330. The van der Waals surface area contributed by atoms with E-state index in [1.54, 1.807) is 6.07 Å². The van der Waals surface area contributed by atoms with Gasteiger partial charge in [-0.1, -0.05) is 36.7 Å². The van der Waals surface area contributed by atoms with Gasteiger partial charge < -0.3 is 0 Å². The molecule has 1 radical (unpaired) electrons. The fourth-order valence-electron chi connectivity index (χ4n) is 1.02. The van der Waals surface area contributed by atoms with Crippen LogP contribution in [0.15, 0.2) is 16.6 Å². The summed E-state index contributed by atoms with van der Waals surface area (Å²) in [6.45, 7) is 6.14. The predicted octanol–water partition coefficient (Wildman–Crippen LogP) is 3.69. The Labute approximate surface area is 80.9 Å². The fourth-order valence-corrected chi connectivity index (χ4v) is 1.85. The molecule has 0 saturated carbocycles. The van der Waals surface area contributed by atoms with Gasteiger partial charge >= 0.3 is 0 Å². The molecule has 0 aliphatic carbocycles. The van der Waals surface area contributed by atoms with Gasteiger partial charge in [0.25, 0.3) is 0 Å². The number of hydrogen-bond donors (Lipinski definition) is 0. The minimum Gasteiger partial charge on any atom is -0.206 e. The molecule has 1 aromatic rings. The van der Waals surface area contributed by atoms with Crippen LogP contribution in [0.2, 0.25) is 0 Å². The van der Waals surface area contributed by atoms with Gasteiger partial charge in [0.15, 0.2) is 0 Å². The lowest BCUT2D eigenvalue weighted by Gasteiger charge is -2.20. The second kappa shape index (κ2) is 3.17. The quantitative estimate of drug-likeness (QED) is 0.637. The summed E-state index contributed by atoms with van der Waals surface area (Å²) in [5, 5.41) is 0. The largest absolute Gasteiger partial charge is 0.206 e. The van der Waals surface area contributed by atoms with Crippen molar-refractivity contribution in [3.05, 3.63) is 34.1 Å². The maximum absolute atomic E-state index is 12.8. The van der Waals surface area contributed by atoms with E-state index in [9.17, 15) is 4.39 Å². The van der Waals surface area contributed by atoms with E-state index >= 15 is 0 Å². The summed E-state index contributed by atoms with van der Waals surface area (Å²) in [6, 6.07) is 5.64. The van der Waals surface area contributed by atoms with Crippen molar-refractivity contribution in [1.82, 2.24) is 0 Å². The minimum atomic E-state index is -0.303. The zero-order chi connectivity index (χ0) is 9.35. The molecule has 0 heterocycles. The molecule has 0 unspecified atom stereocenters. The molecule has 0 nitrogen and oxygen atoms in total. The molecular weight excluding hydrogens is 219 g/mol. The van der Waals surface area contributed by atoms with E-state index in [2.05, 4.69) is 22.0 Å². The molecule has 0 bridgehead atoms. The fraction of sp³-hybridized carbons (Fsp3) is 0.400. The summed E-state index contributed by atoms with van der Waals surface area (Å²) >= 11 is 3.37. The highest BCUT2D eigenvalue weighted by molar-refractivity contribution is 9.10. The van der Waals surface area contributed by atoms with E-state index in [-0.39, 0.29) is 11.2 Å². The first-order valence-electron chi connectivity index (χ1n) is 3.78. The Balaban J connectivity index is 3.23. The molecule has 1 rings (SSSR count). The Morgan fingerprint density at radius 2 is 2.00 bits per heavy atom. The van der Waals surface area contributed by atoms with Crippen LogP contribution >= 0.6 is 15.9 Å². The standard InChI is InChI=1S/C10H11BrF/c1-10(2,3)8-6-7(12)4-5-9(8)11/h5-6H,1-3H3. The molecule has 2 heteroatoms. The van der Waals surface area contributed by atoms with Crippen LogP contribution in [0.4, 0.5) is 4.39 Å². The third-order valence-electron chi connectivity index (χ3n) is 1.67. The van der Waals surface area contributed by atoms with Crippen LogP contribution < -0.4 is 0 Å². The van der Waals surface area contributed by atoms with E-state index in [0.717, 1.165) is 10.0 Å². The third kappa shape index (κ3) is 2.07. The molecule has 0 fully saturated rings. The summed E-state index contributed by atoms with van der Waals surface area (Å²) < 4.78 is 13.7. The van der Waals surface area contributed by atoms with E-state index in [1.165, 1.54) is 6.07 Å². The van der Waals surface area contributed by atoms with Gasteiger partial charge in [-0.25, -0.2) is 4.39 Å². The van der Waals surface area contributed by atoms with Crippen LogP contribution in [-0.4, -0.2) is 0 Å². The van der Waals surface area contributed by atoms with Gasteiger partial charge in [0, 0.05) is 10.5 Å². The zero-order valence-electron chi connectivity index (χ0n) is 7.41. The maximum atomic E-state index is 12.8. The second-order valence-electron chi connectivity index (χ2n) is 3.79. The first-order chi connectivity index (χ1) is 5.41. The highest BCUT2D eigenvalue weighted by atomic mass is 79.9. The van der Waals surface area contributed by atoms with Crippen molar-refractivity contribution >= 4 is 15.9 Å². The van der Waals surface area contributed by atoms with E-state index in [1.807, 2.05) is 20.8 Å². The summed E-state index contributed by atoms with van der Waals surface area (Å²) in [5.74, 6) is -0.303. The third-order valence-corrected chi connectivity index (χ3v) is 2.33. The van der Waals surface area contributed by atoms with Crippen LogP contribution in [-0.2, 0) is 5.41 Å². The van der Waals surface area contributed by atoms with Gasteiger partial charge in [-0.05, 0) is 23.1 Å². The Bertz CT molecular complexity index is 286. The van der Waals surface area contributed by atoms with Crippen LogP contribution in [0.1, 0.15) is 26.3 Å². The van der Waals surface area contributed by atoms with Gasteiger partial charge in [-0.15, -0.1) is 0 Å². The molecule has 0 spiro atoms. The molecular formula is C10H11BrF. The van der Waals surface area contributed by atoms with Gasteiger partial charge in [-0.2, -0.15) is 0 Å². The molecule has 0 saturated heterocycles. The predicted molar refractivity (Wildman–Crippen MR) is 51.6 cm³/mol. The molecule has 65 valence electrons. The SMILES string of the molecule is CC(C)(C)c1cc(F)[c]cc1Br.